The standard InChI is InChI=1S/C19H13N5O4S2/c1-8-13-16(20-7-24(2)17(13)26)30-14(8)15(25)23-18-21-11(6-29-18)9-3-4-10-12(5-9)28-19(27)22-10/h3-7H,1-2H3,(H,22,27)(H,21,23,25). The lowest BCUT2D eigenvalue weighted by molar-refractivity contribution is 0.103. The second-order valence-electron chi connectivity index (χ2n) is 6.61. The van der Waals surface area contributed by atoms with Crippen LogP contribution in [0.3, 0.4) is 0 Å². The molecule has 0 fully saturated rings. The molecule has 1 amide bonds. The number of hydrogen-bond donors (Lipinski definition) is 2. The van der Waals surface area contributed by atoms with E-state index in [9.17, 15) is 14.4 Å². The molecule has 9 nitrogen and oxygen atoms in total. The van der Waals surface area contributed by atoms with Crippen molar-refractivity contribution in [3.8, 4) is 11.3 Å². The zero-order chi connectivity index (χ0) is 21.0. The molecule has 4 aromatic heterocycles. The lowest BCUT2D eigenvalue weighted by atomic mass is 10.1. The molecule has 5 aromatic rings. The van der Waals surface area contributed by atoms with Gasteiger partial charge in [-0.3, -0.25) is 19.9 Å². The Labute approximate surface area is 175 Å². The Morgan fingerprint density at radius 2 is 2.13 bits per heavy atom. The predicted molar refractivity (Wildman–Crippen MR) is 115 cm³/mol. The van der Waals surface area contributed by atoms with Crippen molar-refractivity contribution in [1.29, 1.82) is 0 Å². The summed E-state index contributed by atoms with van der Waals surface area (Å²) in [6.45, 7) is 1.74. The van der Waals surface area contributed by atoms with Crippen LogP contribution in [0.2, 0.25) is 0 Å². The van der Waals surface area contributed by atoms with Gasteiger partial charge >= 0.3 is 5.76 Å². The molecule has 30 heavy (non-hydrogen) atoms. The van der Waals surface area contributed by atoms with E-state index in [1.807, 2.05) is 6.07 Å². The number of thiophene rings is 1. The number of oxazole rings is 1. The van der Waals surface area contributed by atoms with Crippen LogP contribution in [0, 0.1) is 6.92 Å². The van der Waals surface area contributed by atoms with Crippen molar-refractivity contribution >= 4 is 55.0 Å². The summed E-state index contributed by atoms with van der Waals surface area (Å²) in [6, 6.07) is 5.26. The monoisotopic (exact) mass is 439 g/mol. The van der Waals surface area contributed by atoms with Crippen LogP contribution in [0.25, 0.3) is 32.6 Å². The summed E-state index contributed by atoms with van der Waals surface area (Å²) in [5.41, 5.74) is 2.86. The molecular formula is C19H13N5O4S2. The van der Waals surface area contributed by atoms with Crippen LogP contribution in [0.1, 0.15) is 15.2 Å². The van der Waals surface area contributed by atoms with Gasteiger partial charge in [-0.1, -0.05) is 6.07 Å². The van der Waals surface area contributed by atoms with Crippen LogP contribution >= 0.6 is 22.7 Å². The van der Waals surface area contributed by atoms with Crippen molar-refractivity contribution in [3.05, 3.63) is 61.3 Å². The normalized spacial score (nSPS) is 11.4. The topological polar surface area (TPSA) is 123 Å². The minimum Gasteiger partial charge on any atom is -0.408 e. The van der Waals surface area contributed by atoms with E-state index in [-0.39, 0.29) is 11.5 Å². The Balaban J connectivity index is 1.44. The second-order valence-corrected chi connectivity index (χ2v) is 8.47. The molecule has 0 aliphatic rings. The molecule has 0 saturated carbocycles. The quantitative estimate of drug-likeness (QED) is 0.445. The van der Waals surface area contributed by atoms with Gasteiger partial charge in [0.2, 0.25) is 0 Å². The fraction of sp³-hybridized carbons (Fsp3) is 0.105. The molecule has 150 valence electrons. The molecule has 0 unspecified atom stereocenters. The highest BCUT2D eigenvalue weighted by Gasteiger charge is 2.20. The fourth-order valence-electron chi connectivity index (χ4n) is 3.15. The van der Waals surface area contributed by atoms with Crippen molar-refractivity contribution in [1.82, 2.24) is 19.5 Å². The number of benzene rings is 1. The molecule has 0 atom stereocenters. The zero-order valence-electron chi connectivity index (χ0n) is 15.7. The average molecular weight is 439 g/mol. The molecule has 11 heteroatoms. The summed E-state index contributed by atoms with van der Waals surface area (Å²) in [6.07, 6.45) is 1.44. The smallest absolute Gasteiger partial charge is 0.408 e. The SMILES string of the molecule is Cc1c(C(=O)Nc2nc(-c3ccc4[nH]c(=O)oc4c3)cs2)sc2ncn(C)c(=O)c12. The zero-order valence-corrected chi connectivity index (χ0v) is 17.3. The van der Waals surface area contributed by atoms with E-state index in [2.05, 4.69) is 20.3 Å². The number of thiazole rings is 1. The lowest BCUT2D eigenvalue weighted by Crippen LogP contribution is -2.17. The van der Waals surface area contributed by atoms with Crippen molar-refractivity contribution in [2.24, 2.45) is 7.05 Å². The number of carbonyl (C=O) groups is 1. The van der Waals surface area contributed by atoms with Crippen molar-refractivity contribution in [2.75, 3.05) is 5.32 Å². The number of H-pyrrole nitrogens is 1. The number of aromatic nitrogens is 4. The van der Waals surface area contributed by atoms with Gasteiger partial charge in [0.15, 0.2) is 10.7 Å². The molecule has 0 spiro atoms. The Bertz CT molecular complexity index is 1570. The van der Waals surface area contributed by atoms with Crippen molar-refractivity contribution < 1.29 is 9.21 Å². The van der Waals surface area contributed by atoms with E-state index >= 15 is 0 Å². The third kappa shape index (κ3) is 2.95. The van der Waals surface area contributed by atoms with Crippen molar-refractivity contribution in [2.45, 2.75) is 6.92 Å². The predicted octanol–water partition coefficient (Wildman–Crippen LogP) is 3.11. The minimum absolute atomic E-state index is 0.184. The van der Waals surface area contributed by atoms with Gasteiger partial charge in [0.25, 0.3) is 11.5 Å². The molecule has 0 bridgehead atoms. The first-order chi connectivity index (χ1) is 14.4. The third-order valence-corrected chi connectivity index (χ3v) is 6.61. The van der Waals surface area contributed by atoms with Crippen LogP contribution in [0.15, 0.2) is 43.9 Å². The van der Waals surface area contributed by atoms with Gasteiger partial charge in [-0.25, -0.2) is 14.8 Å². The number of aryl methyl sites for hydroxylation is 2. The highest BCUT2D eigenvalue weighted by atomic mass is 32.1. The first kappa shape index (κ1) is 18.5. The van der Waals surface area contributed by atoms with Gasteiger partial charge in [0.1, 0.15) is 4.83 Å². The molecule has 2 N–H and O–H groups in total. The van der Waals surface area contributed by atoms with Gasteiger partial charge < -0.3 is 8.98 Å². The van der Waals surface area contributed by atoms with Gasteiger partial charge in [0.05, 0.1) is 27.8 Å². The number of amides is 1. The number of nitrogens with zero attached hydrogens (tertiary/aromatic N) is 3. The van der Waals surface area contributed by atoms with Crippen LogP contribution in [-0.2, 0) is 7.05 Å². The number of carbonyl (C=O) groups excluding carboxylic acids is 1. The maximum atomic E-state index is 12.8. The number of fused-ring (bicyclic) bond motifs is 2. The van der Waals surface area contributed by atoms with Crippen LogP contribution in [0.4, 0.5) is 5.13 Å². The molecule has 0 aliphatic carbocycles. The van der Waals surface area contributed by atoms with E-state index in [4.69, 9.17) is 4.42 Å². The largest absolute Gasteiger partial charge is 0.417 e. The Morgan fingerprint density at radius 3 is 2.97 bits per heavy atom. The average Bonchev–Trinajstić information content (AvgIpc) is 3.40. The maximum absolute atomic E-state index is 12.8. The lowest BCUT2D eigenvalue weighted by Gasteiger charge is -2.00. The first-order valence-electron chi connectivity index (χ1n) is 8.75. The molecular weight excluding hydrogens is 426 g/mol. The molecule has 4 heterocycles. The van der Waals surface area contributed by atoms with E-state index < -0.39 is 5.76 Å². The van der Waals surface area contributed by atoms with E-state index in [1.54, 1.807) is 31.5 Å². The van der Waals surface area contributed by atoms with Gasteiger partial charge in [-0.05, 0) is 24.6 Å². The molecule has 5 rings (SSSR count). The number of rotatable bonds is 3. The first-order valence-corrected chi connectivity index (χ1v) is 10.4. The van der Waals surface area contributed by atoms with Crippen LogP contribution in [-0.4, -0.2) is 25.4 Å². The summed E-state index contributed by atoms with van der Waals surface area (Å²) in [5, 5.41) is 5.47. The van der Waals surface area contributed by atoms with E-state index in [0.29, 0.717) is 42.6 Å². The summed E-state index contributed by atoms with van der Waals surface area (Å²) < 4.78 is 6.47. The van der Waals surface area contributed by atoms with Gasteiger partial charge in [-0.15, -0.1) is 22.7 Å². The minimum atomic E-state index is -0.517. The van der Waals surface area contributed by atoms with Gasteiger partial charge in [-0.2, -0.15) is 0 Å². The summed E-state index contributed by atoms with van der Waals surface area (Å²) in [5.74, 6) is -0.859. The van der Waals surface area contributed by atoms with Crippen molar-refractivity contribution in [3.63, 3.8) is 0 Å². The maximum Gasteiger partial charge on any atom is 0.417 e. The molecule has 0 saturated heterocycles. The number of nitrogens with one attached hydrogen (secondary N) is 2. The van der Waals surface area contributed by atoms with Gasteiger partial charge in [0, 0.05) is 18.0 Å². The van der Waals surface area contributed by atoms with Crippen LogP contribution in [0.5, 0.6) is 0 Å². The second kappa shape index (κ2) is 6.75. The van der Waals surface area contributed by atoms with Crippen LogP contribution < -0.4 is 16.6 Å². The summed E-state index contributed by atoms with van der Waals surface area (Å²) >= 11 is 2.45. The number of aromatic amines is 1. The highest BCUT2D eigenvalue weighted by molar-refractivity contribution is 7.21. The number of anilines is 1. The Morgan fingerprint density at radius 1 is 1.30 bits per heavy atom. The third-order valence-electron chi connectivity index (χ3n) is 4.66. The molecule has 0 aliphatic heterocycles. The highest BCUT2D eigenvalue weighted by Crippen LogP contribution is 2.30. The summed E-state index contributed by atoms with van der Waals surface area (Å²) in [7, 11) is 1.62. The van der Waals surface area contributed by atoms with E-state index in [1.165, 1.54) is 33.6 Å². The van der Waals surface area contributed by atoms with E-state index in [0.717, 1.165) is 5.56 Å². The Hall–Kier alpha value is -3.57. The molecule has 1 aromatic carbocycles. The fourth-order valence-corrected chi connectivity index (χ4v) is 4.90. The number of hydrogen-bond acceptors (Lipinski definition) is 8. The molecule has 0 radical (unpaired) electrons. The Kier molecular flexibility index (Phi) is 4.15. The summed E-state index contributed by atoms with van der Waals surface area (Å²) in [4.78, 5) is 48.7.